The average Bonchev–Trinajstić information content (AvgIpc) is 3.04. The largest absolute Gasteiger partial charge is 0.385 e. The Balaban J connectivity index is 1.48. The van der Waals surface area contributed by atoms with Crippen LogP contribution in [0, 0.1) is 5.41 Å². The first-order chi connectivity index (χ1) is 8.18. The minimum absolute atomic E-state index is 0.0923. The number of nitrogens with one attached hydrogen (secondary N) is 2. The fraction of sp³-hybridized carbons (Fsp3) is 1.00. The zero-order chi connectivity index (χ0) is 12.2. The quantitative estimate of drug-likeness (QED) is 0.586. The summed E-state index contributed by atoms with van der Waals surface area (Å²) < 4.78 is 11.0. The van der Waals surface area contributed by atoms with Crippen LogP contribution in [-0.4, -0.2) is 52.1 Å². The van der Waals surface area contributed by atoms with E-state index in [1.54, 1.807) is 7.11 Å². The zero-order valence-corrected chi connectivity index (χ0v) is 11.2. The molecule has 0 radical (unpaired) electrons. The third kappa shape index (κ3) is 3.91. The molecule has 100 valence electrons. The van der Waals surface area contributed by atoms with Crippen molar-refractivity contribution in [3.05, 3.63) is 0 Å². The summed E-state index contributed by atoms with van der Waals surface area (Å²) in [5.41, 5.74) is 0.632. The molecule has 0 aromatic rings. The molecular weight excluding hydrogens is 216 g/mol. The third-order valence-corrected chi connectivity index (χ3v) is 4.02. The number of hydrogen-bond acceptors (Lipinski definition) is 4. The van der Waals surface area contributed by atoms with E-state index in [9.17, 15) is 0 Å². The zero-order valence-electron chi connectivity index (χ0n) is 11.2. The molecule has 0 spiro atoms. The van der Waals surface area contributed by atoms with Gasteiger partial charge in [-0.1, -0.05) is 0 Å². The van der Waals surface area contributed by atoms with Crippen molar-refractivity contribution in [1.29, 1.82) is 0 Å². The third-order valence-electron chi connectivity index (χ3n) is 4.02. The van der Waals surface area contributed by atoms with E-state index < -0.39 is 0 Å². The minimum atomic E-state index is 0.0923. The first kappa shape index (κ1) is 13.3. The van der Waals surface area contributed by atoms with Crippen LogP contribution in [0.5, 0.6) is 0 Å². The highest BCUT2D eigenvalue weighted by molar-refractivity contribution is 4.94. The molecule has 0 aromatic carbocycles. The molecular formula is C13H26N2O2. The van der Waals surface area contributed by atoms with Crippen LogP contribution >= 0.6 is 0 Å². The molecule has 1 saturated heterocycles. The highest BCUT2D eigenvalue weighted by Gasteiger charge is 2.41. The van der Waals surface area contributed by atoms with Crippen molar-refractivity contribution in [3.63, 3.8) is 0 Å². The lowest BCUT2D eigenvalue weighted by Crippen LogP contribution is -2.59. The summed E-state index contributed by atoms with van der Waals surface area (Å²) in [5.74, 6) is 0. The normalized spacial score (nSPS) is 24.4. The molecule has 1 saturated carbocycles. The molecule has 0 aromatic heterocycles. The standard InChI is InChI=1S/C13H26N2O2/c1-12(9-15-10-12)17-8-6-14-11-13(3-4-13)5-7-16-2/h14-15H,3-11H2,1-2H3. The molecule has 0 atom stereocenters. The summed E-state index contributed by atoms with van der Waals surface area (Å²) >= 11 is 0. The molecule has 2 N–H and O–H groups in total. The van der Waals surface area contributed by atoms with Crippen LogP contribution in [-0.2, 0) is 9.47 Å². The van der Waals surface area contributed by atoms with E-state index in [2.05, 4.69) is 17.6 Å². The molecule has 0 unspecified atom stereocenters. The monoisotopic (exact) mass is 242 g/mol. The minimum Gasteiger partial charge on any atom is -0.385 e. The maximum Gasteiger partial charge on any atom is 0.0902 e. The number of rotatable bonds is 9. The molecule has 4 heteroatoms. The highest BCUT2D eigenvalue weighted by atomic mass is 16.5. The molecule has 0 bridgehead atoms. The van der Waals surface area contributed by atoms with Crippen molar-refractivity contribution in [2.24, 2.45) is 5.41 Å². The molecule has 2 aliphatic rings. The van der Waals surface area contributed by atoms with Gasteiger partial charge in [-0.05, 0) is 31.6 Å². The summed E-state index contributed by atoms with van der Waals surface area (Å²) in [6.07, 6.45) is 3.90. The van der Waals surface area contributed by atoms with Crippen LogP contribution in [0.25, 0.3) is 0 Å². The lowest BCUT2D eigenvalue weighted by molar-refractivity contribution is -0.0649. The Morgan fingerprint density at radius 3 is 2.53 bits per heavy atom. The maximum absolute atomic E-state index is 5.83. The van der Waals surface area contributed by atoms with E-state index in [0.717, 1.165) is 39.4 Å². The van der Waals surface area contributed by atoms with Crippen LogP contribution in [0.2, 0.25) is 0 Å². The van der Waals surface area contributed by atoms with Gasteiger partial charge in [-0.15, -0.1) is 0 Å². The average molecular weight is 242 g/mol. The fourth-order valence-electron chi connectivity index (χ4n) is 2.31. The van der Waals surface area contributed by atoms with E-state index in [0.29, 0.717) is 5.41 Å². The lowest BCUT2D eigenvalue weighted by atomic mass is 10.0. The van der Waals surface area contributed by atoms with E-state index in [-0.39, 0.29) is 5.60 Å². The van der Waals surface area contributed by atoms with Gasteiger partial charge < -0.3 is 20.1 Å². The fourth-order valence-corrected chi connectivity index (χ4v) is 2.31. The predicted octanol–water partition coefficient (Wildman–Crippen LogP) is 0.771. The second kappa shape index (κ2) is 5.65. The summed E-state index contributed by atoms with van der Waals surface area (Å²) in [6, 6.07) is 0. The summed E-state index contributed by atoms with van der Waals surface area (Å²) in [5, 5.41) is 6.76. The SMILES string of the molecule is COCCC1(CNCCOC2(C)CNC2)CC1. The molecule has 1 heterocycles. The number of ether oxygens (including phenoxy) is 2. The first-order valence-corrected chi connectivity index (χ1v) is 6.73. The Morgan fingerprint density at radius 1 is 1.24 bits per heavy atom. The van der Waals surface area contributed by atoms with Gasteiger partial charge >= 0.3 is 0 Å². The van der Waals surface area contributed by atoms with Gasteiger partial charge in [-0.25, -0.2) is 0 Å². The van der Waals surface area contributed by atoms with Crippen molar-refractivity contribution < 1.29 is 9.47 Å². The van der Waals surface area contributed by atoms with E-state index >= 15 is 0 Å². The molecule has 1 aliphatic carbocycles. The molecule has 1 aliphatic heterocycles. The van der Waals surface area contributed by atoms with Crippen molar-refractivity contribution in [2.75, 3.05) is 46.5 Å². The topological polar surface area (TPSA) is 42.5 Å². The van der Waals surface area contributed by atoms with E-state index in [1.807, 2.05) is 0 Å². The van der Waals surface area contributed by atoms with Crippen LogP contribution < -0.4 is 10.6 Å². The Morgan fingerprint density at radius 2 is 2.00 bits per heavy atom. The molecule has 4 nitrogen and oxygen atoms in total. The van der Waals surface area contributed by atoms with Gasteiger partial charge in [-0.3, -0.25) is 0 Å². The Bertz CT molecular complexity index is 238. The number of hydrogen-bond donors (Lipinski definition) is 2. The summed E-state index contributed by atoms with van der Waals surface area (Å²) in [6.45, 7) is 7.94. The van der Waals surface area contributed by atoms with Crippen LogP contribution in [0.3, 0.4) is 0 Å². The second-order valence-electron chi connectivity index (χ2n) is 5.82. The van der Waals surface area contributed by atoms with Gasteiger partial charge in [0.1, 0.15) is 0 Å². The van der Waals surface area contributed by atoms with Crippen LogP contribution in [0.4, 0.5) is 0 Å². The maximum atomic E-state index is 5.83. The summed E-state index contributed by atoms with van der Waals surface area (Å²) in [7, 11) is 1.78. The van der Waals surface area contributed by atoms with Crippen molar-refractivity contribution in [2.45, 2.75) is 31.8 Å². The highest BCUT2D eigenvalue weighted by Crippen LogP contribution is 2.48. The second-order valence-corrected chi connectivity index (χ2v) is 5.82. The van der Waals surface area contributed by atoms with Crippen molar-refractivity contribution in [3.8, 4) is 0 Å². The van der Waals surface area contributed by atoms with Crippen molar-refractivity contribution in [1.82, 2.24) is 10.6 Å². The van der Waals surface area contributed by atoms with Crippen LogP contribution in [0.15, 0.2) is 0 Å². The Labute approximate surface area is 104 Å². The smallest absolute Gasteiger partial charge is 0.0902 e. The van der Waals surface area contributed by atoms with Crippen LogP contribution in [0.1, 0.15) is 26.2 Å². The van der Waals surface area contributed by atoms with E-state index in [4.69, 9.17) is 9.47 Å². The van der Waals surface area contributed by atoms with Gasteiger partial charge in [0.25, 0.3) is 0 Å². The van der Waals surface area contributed by atoms with Gasteiger partial charge in [-0.2, -0.15) is 0 Å². The van der Waals surface area contributed by atoms with Gasteiger partial charge in [0.2, 0.25) is 0 Å². The van der Waals surface area contributed by atoms with E-state index in [1.165, 1.54) is 19.3 Å². The number of methoxy groups -OCH3 is 1. The van der Waals surface area contributed by atoms with Gasteiger partial charge in [0, 0.05) is 39.9 Å². The van der Waals surface area contributed by atoms with Crippen molar-refractivity contribution >= 4 is 0 Å². The Kier molecular flexibility index (Phi) is 4.42. The molecule has 2 rings (SSSR count). The molecule has 2 fully saturated rings. The molecule has 17 heavy (non-hydrogen) atoms. The first-order valence-electron chi connectivity index (χ1n) is 6.73. The summed E-state index contributed by atoms with van der Waals surface area (Å²) in [4.78, 5) is 0. The Hall–Kier alpha value is -0.160. The van der Waals surface area contributed by atoms with Gasteiger partial charge in [0.15, 0.2) is 0 Å². The lowest BCUT2D eigenvalue weighted by Gasteiger charge is -2.39. The predicted molar refractivity (Wildman–Crippen MR) is 68.3 cm³/mol. The van der Waals surface area contributed by atoms with Gasteiger partial charge in [0.05, 0.1) is 12.2 Å². The molecule has 0 amide bonds.